The summed E-state index contributed by atoms with van der Waals surface area (Å²) in [6.45, 7) is 12.0. The number of carbonyl (C=O) groups excluding carboxylic acids is 1. The molecule has 3 rings (SSSR count). The Hall–Kier alpha value is -1.90. The second-order valence-electron chi connectivity index (χ2n) is 7.06. The monoisotopic (exact) mass is 436 g/mol. The minimum absolute atomic E-state index is 0.131. The summed E-state index contributed by atoms with van der Waals surface area (Å²) < 4.78 is 4.63. The van der Waals surface area contributed by atoms with Crippen molar-refractivity contribution >= 4 is 29.8 Å². The third kappa shape index (κ3) is 4.82. The van der Waals surface area contributed by atoms with Crippen LogP contribution in [0.5, 0.6) is 0 Å². The summed E-state index contributed by atoms with van der Waals surface area (Å²) >= 11 is 11.7. The number of carbonyl (C=O) groups is 1. The molecule has 0 spiro atoms. The summed E-state index contributed by atoms with van der Waals surface area (Å²) in [5.41, 5.74) is 0.996. The number of amides is 2. The Labute approximate surface area is 182 Å². The third-order valence-corrected chi connectivity index (χ3v) is 6.04. The summed E-state index contributed by atoms with van der Waals surface area (Å²) in [5.74, 6) is 0.851. The van der Waals surface area contributed by atoms with Gasteiger partial charge in [-0.2, -0.15) is 5.10 Å². The fourth-order valence-corrected chi connectivity index (χ4v) is 4.03. The normalized spacial score (nSPS) is 15.0. The van der Waals surface area contributed by atoms with Gasteiger partial charge < -0.3 is 14.4 Å². The van der Waals surface area contributed by atoms with E-state index in [-0.39, 0.29) is 6.03 Å². The average molecular weight is 437 g/mol. The lowest BCUT2D eigenvalue weighted by molar-refractivity contribution is 0.0969. The lowest BCUT2D eigenvalue weighted by Gasteiger charge is -2.36. The van der Waals surface area contributed by atoms with E-state index >= 15 is 0 Å². The van der Waals surface area contributed by atoms with Gasteiger partial charge in [0.2, 0.25) is 0 Å². The zero-order valence-corrected chi connectivity index (χ0v) is 18.9. The first-order chi connectivity index (χ1) is 14.0. The van der Waals surface area contributed by atoms with E-state index in [4.69, 9.17) is 28.9 Å². The first kappa shape index (κ1) is 21.8. The maximum absolute atomic E-state index is 12.5. The number of hydrogen-bond donors (Lipinski definition) is 0. The van der Waals surface area contributed by atoms with E-state index in [9.17, 15) is 4.79 Å². The first-order valence-corrected chi connectivity index (χ1v) is 11.0. The molecule has 0 atom stereocenters. The fourth-order valence-electron chi connectivity index (χ4n) is 3.59. The highest BCUT2D eigenvalue weighted by atomic mass is 35.5. The topological polar surface area (TPSA) is 49.5 Å². The van der Waals surface area contributed by atoms with Gasteiger partial charge in [-0.3, -0.25) is 4.90 Å². The van der Waals surface area contributed by atoms with E-state index in [0.29, 0.717) is 16.5 Å². The molecule has 1 fully saturated rings. The maximum atomic E-state index is 12.5. The lowest BCUT2D eigenvalue weighted by atomic mass is 10.2. The number of piperazine rings is 1. The van der Waals surface area contributed by atoms with Gasteiger partial charge in [0, 0.05) is 56.4 Å². The number of halogens is 1. The molecular weight excluding hydrogens is 408 g/mol. The van der Waals surface area contributed by atoms with Gasteiger partial charge in [-0.15, -0.1) is 0 Å². The predicted octanol–water partition coefficient (Wildman–Crippen LogP) is 3.79. The van der Waals surface area contributed by atoms with E-state index in [2.05, 4.69) is 11.8 Å². The zero-order valence-electron chi connectivity index (χ0n) is 17.3. The number of rotatable bonds is 6. The van der Waals surface area contributed by atoms with Gasteiger partial charge in [0.05, 0.1) is 6.67 Å². The highest BCUT2D eigenvalue weighted by molar-refractivity contribution is 7.71. The molecule has 1 aliphatic rings. The van der Waals surface area contributed by atoms with Gasteiger partial charge in [-0.05, 0) is 57.3 Å². The molecule has 29 heavy (non-hydrogen) atoms. The second-order valence-corrected chi connectivity index (χ2v) is 7.86. The molecular formula is C20H29ClN6OS. The number of urea groups is 1. The molecule has 158 valence electrons. The molecule has 1 aromatic heterocycles. The summed E-state index contributed by atoms with van der Waals surface area (Å²) in [6, 6.07) is 7.79. The maximum Gasteiger partial charge on any atom is 0.320 e. The number of hydrogen-bond acceptors (Lipinski definition) is 4. The number of benzene rings is 1. The fraction of sp³-hybridized carbons (Fsp3) is 0.550. The van der Waals surface area contributed by atoms with Gasteiger partial charge in [0.15, 0.2) is 10.6 Å². The van der Waals surface area contributed by atoms with Crippen molar-refractivity contribution in [2.75, 3.05) is 39.3 Å². The van der Waals surface area contributed by atoms with Crippen molar-refractivity contribution in [1.82, 2.24) is 29.0 Å². The quantitative estimate of drug-likeness (QED) is 0.646. The van der Waals surface area contributed by atoms with E-state index in [1.165, 1.54) is 0 Å². The van der Waals surface area contributed by atoms with Crippen LogP contribution in [0.15, 0.2) is 24.3 Å². The van der Waals surface area contributed by atoms with Crippen molar-refractivity contribution in [2.24, 2.45) is 0 Å². The minimum atomic E-state index is 0.131. The predicted molar refractivity (Wildman–Crippen MR) is 119 cm³/mol. The van der Waals surface area contributed by atoms with Gasteiger partial charge in [0.1, 0.15) is 0 Å². The Balaban J connectivity index is 1.69. The third-order valence-electron chi connectivity index (χ3n) is 5.35. The van der Waals surface area contributed by atoms with Crippen LogP contribution < -0.4 is 0 Å². The Morgan fingerprint density at radius 3 is 2.28 bits per heavy atom. The van der Waals surface area contributed by atoms with Gasteiger partial charge in [-0.1, -0.05) is 11.6 Å². The standard InChI is InChI=1S/C20H29ClN6OS/c1-4-24(5-2)19(28)25-13-11-23(12-14-25)15-27-20(29)26(6-3)18(22-27)16-7-9-17(21)10-8-16/h7-10H,4-6,11-15H2,1-3H3. The van der Waals surface area contributed by atoms with Crippen LogP contribution in [0.2, 0.25) is 5.02 Å². The Kier molecular flexibility index (Phi) is 7.32. The van der Waals surface area contributed by atoms with Crippen molar-refractivity contribution < 1.29 is 4.79 Å². The molecule has 0 unspecified atom stereocenters. The average Bonchev–Trinajstić information content (AvgIpc) is 3.05. The van der Waals surface area contributed by atoms with Crippen LogP contribution in [-0.2, 0) is 13.2 Å². The van der Waals surface area contributed by atoms with Crippen LogP contribution in [-0.4, -0.2) is 74.3 Å². The summed E-state index contributed by atoms with van der Waals surface area (Å²) in [4.78, 5) is 18.6. The Morgan fingerprint density at radius 2 is 1.72 bits per heavy atom. The number of aromatic nitrogens is 3. The molecule has 2 amide bonds. The molecule has 0 N–H and O–H groups in total. The molecule has 0 aliphatic carbocycles. The van der Waals surface area contributed by atoms with Gasteiger partial charge in [0.25, 0.3) is 0 Å². The van der Waals surface area contributed by atoms with E-state index in [0.717, 1.165) is 57.2 Å². The Morgan fingerprint density at radius 1 is 1.10 bits per heavy atom. The highest BCUT2D eigenvalue weighted by Crippen LogP contribution is 2.21. The second kappa shape index (κ2) is 9.73. The van der Waals surface area contributed by atoms with Crippen LogP contribution >= 0.6 is 23.8 Å². The molecule has 1 aromatic carbocycles. The smallest absolute Gasteiger partial charge is 0.320 e. The lowest BCUT2D eigenvalue weighted by Crippen LogP contribution is -2.53. The van der Waals surface area contributed by atoms with E-state index < -0.39 is 0 Å². The van der Waals surface area contributed by atoms with Crippen molar-refractivity contribution in [2.45, 2.75) is 34.0 Å². The Bertz CT molecular complexity index is 881. The summed E-state index contributed by atoms with van der Waals surface area (Å²) in [5, 5.41) is 5.49. The SMILES string of the molecule is CCN(CC)C(=O)N1CCN(Cn2nc(-c3ccc(Cl)cc3)n(CC)c2=S)CC1. The van der Waals surface area contributed by atoms with Crippen LogP contribution in [0.1, 0.15) is 20.8 Å². The molecule has 9 heteroatoms. The summed E-state index contributed by atoms with van der Waals surface area (Å²) in [7, 11) is 0. The molecule has 2 heterocycles. The van der Waals surface area contributed by atoms with Crippen LogP contribution in [0, 0.1) is 4.77 Å². The van der Waals surface area contributed by atoms with Crippen LogP contribution in [0.3, 0.4) is 0 Å². The molecule has 1 aliphatic heterocycles. The highest BCUT2D eigenvalue weighted by Gasteiger charge is 2.24. The zero-order chi connectivity index (χ0) is 21.0. The van der Waals surface area contributed by atoms with Crippen molar-refractivity contribution in [3.63, 3.8) is 0 Å². The van der Waals surface area contributed by atoms with Crippen LogP contribution in [0.4, 0.5) is 4.79 Å². The van der Waals surface area contributed by atoms with E-state index in [1.807, 2.05) is 57.2 Å². The first-order valence-electron chi connectivity index (χ1n) is 10.2. The van der Waals surface area contributed by atoms with Crippen molar-refractivity contribution in [3.8, 4) is 11.4 Å². The molecule has 1 saturated heterocycles. The van der Waals surface area contributed by atoms with Gasteiger partial charge in [-0.25, -0.2) is 9.48 Å². The summed E-state index contributed by atoms with van der Waals surface area (Å²) in [6.07, 6.45) is 0. The number of nitrogens with zero attached hydrogens (tertiary/aromatic N) is 6. The molecule has 0 saturated carbocycles. The van der Waals surface area contributed by atoms with Crippen LogP contribution in [0.25, 0.3) is 11.4 Å². The van der Waals surface area contributed by atoms with Gasteiger partial charge >= 0.3 is 6.03 Å². The van der Waals surface area contributed by atoms with E-state index in [1.54, 1.807) is 0 Å². The molecule has 2 aromatic rings. The molecule has 0 radical (unpaired) electrons. The van der Waals surface area contributed by atoms with Crippen molar-refractivity contribution in [3.05, 3.63) is 34.1 Å². The van der Waals surface area contributed by atoms with Crippen molar-refractivity contribution in [1.29, 1.82) is 0 Å². The molecule has 7 nitrogen and oxygen atoms in total. The largest absolute Gasteiger partial charge is 0.325 e. The molecule has 0 bridgehead atoms. The minimum Gasteiger partial charge on any atom is -0.325 e.